The zero-order chi connectivity index (χ0) is 57.1. The van der Waals surface area contributed by atoms with Gasteiger partial charge in [0.15, 0.2) is 0 Å². The van der Waals surface area contributed by atoms with E-state index in [9.17, 15) is 0 Å². The maximum atomic E-state index is 2.68. The molecule has 9 heteroatoms. The molecule has 0 amide bonds. The van der Waals surface area contributed by atoms with Crippen LogP contribution in [0.2, 0.25) is 0 Å². The van der Waals surface area contributed by atoms with Crippen molar-refractivity contribution in [3.63, 3.8) is 0 Å². The fourth-order valence-corrected chi connectivity index (χ4v) is 17.8. The van der Waals surface area contributed by atoms with Crippen molar-refractivity contribution in [1.82, 2.24) is 0 Å². The normalized spacial score (nSPS) is 13.1. The molecule has 0 atom stereocenters. The molecule has 0 fully saturated rings. The molecule has 0 N–H and O–H groups in total. The molecule has 5 heterocycles. The number of benzene rings is 13. The molecule has 1 aromatic heterocycles. The summed E-state index contributed by atoms with van der Waals surface area (Å²) < 4.78 is 2.56. The highest BCUT2D eigenvalue weighted by Gasteiger charge is 2.47. The van der Waals surface area contributed by atoms with Crippen molar-refractivity contribution in [1.29, 1.82) is 0 Å². The van der Waals surface area contributed by atoms with Crippen LogP contribution in [-0.2, 0) is 0 Å². The number of nitrogens with zero attached hydrogens (tertiary/aromatic N) is 4. The summed E-state index contributed by atoms with van der Waals surface area (Å²) in [6.45, 7) is -0.128. The molecule has 13 aromatic carbocycles. The molecule has 0 aliphatic carbocycles. The van der Waals surface area contributed by atoms with Crippen LogP contribution in [-0.4, -0.2) is 13.4 Å². The van der Waals surface area contributed by atoms with E-state index < -0.39 is 0 Å². The first-order valence-corrected chi connectivity index (χ1v) is 32.2. The highest BCUT2D eigenvalue weighted by atomic mass is 32.2. The van der Waals surface area contributed by atoms with E-state index in [4.69, 9.17) is 0 Å². The van der Waals surface area contributed by atoms with Crippen molar-refractivity contribution >= 4 is 169 Å². The van der Waals surface area contributed by atoms with Crippen molar-refractivity contribution in [2.45, 2.75) is 19.6 Å². The fraction of sp³-hybridized carbons (Fsp3) is 0. The summed E-state index contributed by atoms with van der Waals surface area (Å²) in [4.78, 5) is 15.1. The van der Waals surface area contributed by atoms with Crippen LogP contribution in [0.15, 0.2) is 323 Å². The molecular weight excluding hydrogens is 1110 g/mol. The molecule has 0 saturated carbocycles. The van der Waals surface area contributed by atoms with Gasteiger partial charge < -0.3 is 19.6 Å². The molecule has 4 nitrogen and oxygen atoms in total. The van der Waals surface area contributed by atoms with Gasteiger partial charge in [-0.15, -0.1) is 11.3 Å². The Balaban J connectivity index is 0.947. The summed E-state index contributed by atoms with van der Waals surface area (Å²) in [6.07, 6.45) is 0. The predicted molar refractivity (Wildman–Crippen MR) is 374 cm³/mol. The first kappa shape index (κ1) is 50.4. The molecule has 4 aliphatic heterocycles. The van der Waals surface area contributed by atoms with Gasteiger partial charge in [0.05, 0.1) is 5.69 Å². The van der Waals surface area contributed by atoms with Gasteiger partial charge in [0.2, 0.25) is 13.4 Å². The number of para-hydroxylation sites is 6. The van der Waals surface area contributed by atoms with Crippen molar-refractivity contribution in [2.24, 2.45) is 0 Å². The third kappa shape index (κ3) is 8.03. The maximum Gasteiger partial charge on any atom is 0.249 e. The lowest BCUT2D eigenvalue weighted by Crippen LogP contribution is -2.64. The lowest BCUT2D eigenvalue weighted by molar-refractivity contribution is 1.22. The number of thiophene rings is 1. The van der Waals surface area contributed by atoms with E-state index in [-0.39, 0.29) is 13.4 Å². The van der Waals surface area contributed by atoms with Crippen LogP contribution in [0.3, 0.4) is 0 Å². The zero-order valence-electron chi connectivity index (χ0n) is 47.0. The van der Waals surface area contributed by atoms with Crippen LogP contribution in [0.1, 0.15) is 0 Å². The Bertz CT molecular complexity index is 4950. The fourth-order valence-electron chi connectivity index (χ4n) is 14.3. The van der Waals surface area contributed by atoms with E-state index in [1.165, 1.54) is 106 Å². The summed E-state index contributed by atoms with van der Waals surface area (Å²) in [5, 5.41) is 2.56. The van der Waals surface area contributed by atoms with Crippen molar-refractivity contribution in [3.8, 4) is 11.1 Å². The van der Waals surface area contributed by atoms with Gasteiger partial charge in [0.25, 0.3) is 0 Å². The van der Waals surface area contributed by atoms with Gasteiger partial charge in [0.1, 0.15) is 0 Å². The Hall–Kier alpha value is -9.89. The molecule has 0 unspecified atom stereocenters. The molecule has 0 spiro atoms. The van der Waals surface area contributed by atoms with Crippen molar-refractivity contribution < 1.29 is 0 Å². The number of hydrogen-bond acceptors (Lipinski definition) is 7. The van der Waals surface area contributed by atoms with Gasteiger partial charge in [-0.1, -0.05) is 216 Å². The quantitative estimate of drug-likeness (QED) is 0.133. The minimum Gasteiger partial charge on any atom is -0.311 e. The monoisotopic (exact) mass is 1160 g/mol. The summed E-state index contributed by atoms with van der Waals surface area (Å²) in [5.41, 5.74) is 24.0. The largest absolute Gasteiger partial charge is 0.311 e. The van der Waals surface area contributed by atoms with Gasteiger partial charge in [-0.05, 0) is 149 Å². The first-order chi connectivity index (χ1) is 43.2. The van der Waals surface area contributed by atoms with Gasteiger partial charge in [-0.2, -0.15) is 0 Å². The average molecular weight is 1160 g/mol. The molecule has 18 rings (SSSR count). The molecule has 87 heavy (non-hydrogen) atoms. The molecular formula is C78H50B2N4S3. The highest BCUT2D eigenvalue weighted by Crippen LogP contribution is 2.53. The predicted octanol–water partition coefficient (Wildman–Crippen LogP) is 18.2. The molecule has 0 bridgehead atoms. The summed E-state index contributed by atoms with van der Waals surface area (Å²) in [5.74, 6) is 0. The topological polar surface area (TPSA) is 13.0 Å². The Morgan fingerprint density at radius 2 is 0.782 bits per heavy atom. The molecule has 406 valence electrons. The van der Waals surface area contributed by atoms with Crippen molar-refractivity contribution in [3.05, 3.63) is 303 Å². The third-order valence-corrected chi connectivity index (χ3v) is 21.3. The molecule has 14 aromatic rings. The third-order valence-electron chi connectivity index (χ3n) is 17.9. The second kappa shape index (κ2) is 20.4. The number of rotatable bonds is 9. The molecule has 4 aliphatic rings. The Kier molecular flexibility index (Phi) is 11.8. The summed E-state index contributed by atoms with van der Waals surface area (Å²) >= 11 is 5.72. The van der Waals surface area contributed by atoms with E-state index in [1.807, 2.05) is 34.9 Å². The Morgan fingerprint density at radius 1 is 0.287 bits per heavy atom. The minimum atomic E-state index is -0.0657. The number of fused-ring (bicyclic) bond motifs is 11. The van der Waals surface area contributed by atoms with Gasteiger partial charge in [0, 0.05) is 108 Å². The van der Waals surface area contributed by atoms with E-state index >= 15 is 0 Å². The number of hydrogen-bond donors (Lipinski definition) is 0. The Labute approximate surface area is 519 Å². The Morgan fingerprint density at radius 3 is 1.40 bits per heavy atom. The van der Waals surface area contributed by atoms with Gasteiger partial charge in [-0.25, -0.2) is 0 Å². The van der Waals surface area contributed by atoms with Crippen LogP contribution < -0.4 is 52.4 Å². The molecule has 0 saturated heterocycles. The average Bonchev–Trinajstić information content (AvgIpc) is 0.921. The smallest absolute Gasteiger partial charge is 0.249 e. The van der Waals surface area contributed by atoms with Crippen molar-refractivity contribution in [2.75, 3.05) is 19.6 Å². The number of anilines is 12. The lowest BCUT2D eigenvalue weighted by Gasteiger charge is -2.44. The van der Waals surface area contributed by atoms with E-state index in [0.717, 1.165) is 45.5 Å². The van der Waals surface area contributed by atoms with Crippen LogP contribution in [0, 0.1) is 0 Å². The van der Waals surface area contributed by atoms with Crippen LogP contribution in [0.25, 0.3) is 31.3 Å². The van der Waals surface area contributed by atoms with Gasteiger partial charge in [-0.3, -0.25) is 0 Å². The lowest BCUT2D eigenvalue weighted by atomic mass is 9.31. The summed E-state index contributed by atoms with van der Waals surface area (Å²) in [7, 11) is 0. The highest BCUT2D eigenvalue weighted by molar-refractivity contribution is 8.00. The van der Waals surface area contributed by atoms with Crippen LogP contribution in [0.5, 0.6) is 0 Å². The first-order valence-electron chi connectivity index (χ1n) is 29.7. The van der Waals surface area contributed by atoms with E-state index in [0.29, 0.717) is 0 Å². The zero-order valence-corrected chi connectivity index (χ0v) is 49.5. The SMILES string of the molecule is c1ccc(-c2c(N3c4cc5c(cc4B4c6ccccc6Sc6cc(N(c7ccccc7)c7ccccc7)cc3c64)B3c4ccccc4N(c4ccccc4)c4cc(N(c6ccccc6)c6ccccc6)cc(c43)S5)ccc3sc4ccccc4c23)cc1. The van der Waals surface area contributed by atoms with Crippen LogP contribution in [0.4, 0.5) is 68.2 Å². The van der Waals surface area contributed by atoms with E-state index in [2.05, 4.69) is 323 Å². The second-order valence-corrected chi connectivity index (χ2v) is 25.9. The standard InChI is InChI=1S/C78H50B2N4S3/c1-7-25-51(26-8-1)75-65(43-44-71-76(75)59-37-19-23-41-69(59)85-71)84-66-50-72-63(49-62(66)80-61-39-21-24-42-70(61)86-73-47-58(46-68(84)78(73)80)82(54-31-13-4-14-32-54)55-33-15-5-16-34-55)79-60-38-20-22-40-64(60)83(56-35-17-6-18-36-56)67-45-57(48-74(87-72)77(67)79)81(52-27-9-2-10-28-52)53-29-11-3-12-30-53/h1-50H. The van der Waals surface area contributed by atoms with Crippen LogP contribution >= 0.6 is 34.9 Å². The second-order valence-electron chi connectivity index (χ2n) is 22.7. The maximum absolute atomic E-state index is 2.68. The van der Waals surface area contributed by atoms with E-state index in [1.54, 1.807) is 0 Å². The summed E-state index contributed by atoms with van der Waals surface area (Å²) in [6, 6.07) is 113. The molecule has 0 radical (unpaired) electrons. The van der Waals surface area contributed by atoms with Gasteiger partial charge >= 0.3 is 0 Å². The minimum absolute atomic E-state index is 0.0627.